The van der Waals surface area contributed by atoms with Crippen LogP contribution in [0.3, 0.4) is 0 Å². The standard InChI is InChI=1S/C45H85NO7.C6H14/c1-5-9-11-13-15-17-19-21-23-25-27-29-31-33-41(48)40(39-52-43(50)35-36-44(51)53-45(7-3,8-4)37-38-47)46-42(49)34-32-30-28-26-24-22-20-18-16-14-12-10-6-2;1-4-6(3)5-2/h31,33,40-41,47-48H,5-30,32,34-39H2,1-4H3,(H,46,49);6H,4-5H2,1-3H3/b33-31+;/t40-,41?;/m0./s1. The molecule has 1 amide bonds. The van der Waals surface area contributed by atoms with Gasteiger partial charge in [0.05, 0.1) is 25.0 Å². The van der Waals surface area contributed by atoms with Crippen LogP contribution >= 0.6 is 0 Å². The molecule has 0 aliphatic carbocycles. The lowest BCUT2D eigenvalue weighted by Crippen LogP contribution is -2.46. The molecule has 0 spiro atoms. The number of carbonyl (C=O) groups excluding carboxylic acids is 3. The van der Waals surface area contributed by atoms with Crippen molar-refractivity contribution >= 4 is 17.8 Å². The van der Waals surface area contributed by atoms with Gasteiger partial charge in [0.1, 0.15) is 12.2 Å². The number of aliphatic hydroxyl groups excluding tert-OH is 2. The Morgan fingerprint density at radius 1 is 0.593 bits per heavy atom. The van der Waals surface area contributed by atoms with Crippen molar-refractivity contribution < 1.29 is 34.1 Å². The number of aliphatic hydroxyl groups is 2. The number of allylic oxidation sites excluding steroid dienone is 1. The molecule has 0 aromatic carbocycles. The van der Waals surface area contributed by atoms with Crippen LogP contribution in [0.5, 0.6) is 0 Å². The Bertz CT molecular complexity index is 962. The number of rotatable bonds is 41. The molecule has 350 valence electrons. The zero-order valence-corrected chi connectivity index (χ0v) is 40.1. The zero-order chi connectivity index (χ0) is 44.2. The molecule has 1 unspecified atom stereocenters. The summed E-state index contributed by atoms with van der Waals surface area (Å²) in [5.41, 5.74) is -0.734. The first-order valence-electron chi connectivity index (χ1n) is 25.2. The number of hydrogen-bond acceptors (Lipinski definition) is 7. The summed E-state index contributed by atoms with van der Waals surface area (Å²) in [6.07, 6.45) is 37.9. The number of nitrogens with one attached hydrogen (secondary N) is 1. The second kappa shape index (κ2) is 44.1. The van der Waals surface area contributed by atoms with E-state index in [4.69, 9.17) is 9.47 Å². The van der Waals surface area contributed by atoms with Crippen molar-refractivity contribution in [3.8, 4) is 0 Å². The van der Waals surface area contributed by atoms with Crippen LogP contribution in [0, 0.1) is 5.92 Å². The van der Waals surface area contributed by atoms with Gasteiger partial charge in [0.2, 0.25) is 5.91 Å². The van der Waals surface area contributed by atoms with Crippen LogP contribution in [0.25, 0.3) is 0 Å². The van der Waals surface area contributed by atoms with Crippen LogP contribution < -0.4 is 5.32 Å². The minimum absolute atomic E-state index is 0.0838. The van der Waals surface area contributed by atoms with E-state index in [-0.39, 0.29) is 32.0 Å². The van der Waals surface area contributed by atoms with Crippen LogP contribution in [0.4, 0.5) is 0 Å². The molecule has 0 radical (unpaired) electrons. The van der Waals surface area contributed by atoms with E-state index in [0.29, 0.717) is 25.7 Å². The lowest BCUT2D eigenvalue weighted by Gasteiger charge is -2.31. The quantitative estimate of drug-likeness (QED) is 0.0318. The topological polar surface area (TPSA) is 122 Å². The second-order valence-corrected chi connectivity index (χ2v) is 17.4. The number of esters is 2. The average Bonchev–Trinajstić information content (AvgIpc) is 3.24. The summed E-state index contributed by atoms with van der Waals surface area (Å²) >= 11 is 0. The van der Waals surface area contributed by atoms with E-state index >= 15 is 0 Å². The van der Waals surface area contributed by atoms with Gasteiger partial charge >= 0.3 is 11.9 Å². The Balaban J connectivity index is 0. The fourth-order valence-corrected chi connectivity index (χ4v) is 7.15. The van der Waals surface area contributed by atoms with Gasteiger partial charge in [-0.05, 0) is 38.0 Å². The second-order valence-electron chi connectivity index (χ2n) is 17.4. The molecule has 0 aliphatic heterocycles. The van der Waals surface area contributed by atoms with Gasteiger partial charge in [-0.2, -0.15) is 0 Å². The SMILES string of the molecule is CCC(C)CC.CCCCCCCCCCCCC/C=C/C(O)[C@H](COC(=O)CCC(=O)OC(CC)(CC)CCO)NC(=O)CCCCCCCCCCCCCCC. The van der Waals surface area contributed by atoms with Crippen molar-refractivity contribution in [1.82, 2.24) is 5.32 Å². The van der Waals surface area contributed by atoms with Gasteiger partial charge in [-0.25, -0.2) is 0 Å². The van der Waals surface area contributed by atoms with Crippen molar-refractivity contribution in [2.45, 2.75) is 278 Å². The summed E-state index contributed by atoms with van der Waals surface area (Å²) < 4.78 is 11.1. The Kier molecular flexibility index (Phi) is 44.3. The highest BCUT2D eigenvalue weighted by Crippen LogP contribution is 2.25. The molecular formula is C51H99NO7. The minimum Gasteiger partial charge on any atom is -0.463 e. The number of hydrogen-bond donors (Lipinski definition) is 3. The predicted octanol–water partition coefficient (Wildman–Crippen LogP) is 13.8. The van der Waals surface area contributed by atoms with E-state index in [1.54, 1.807) is 6.08 Å². The highest BCUT2D eigenvalue weighted by molar-refractivity contribution is 5.78. The summed E-state index contributed by atoms with van der Waals surface area (Å²) in [5, 5.41) is 23.3. The molecule has 8 nitrogen and oxygen atoms in total. The molecule has 0 bridgehead atoms. The van der Waals surface area contributed by atoms with Crippen molar-refractivity contribution in [2.75, 3.05) is 13.2 Å². The van der Waals surface area contributed by atoms with Crippen molar-refractivity contribution in [3.63, 3.8) is 0 Å². The van der Waals surface area contributed by atoms with E-state index in [2.05, 4.69) is 39.9 Å². The molecule has 0 rings (SSSR count). The highest BCUT2D eigenvalue weighted by atomic mass is 16.6. The van der Waals surface area contributed by atoms with E-state index in [0.717, 1.165) is 44.4 Å². The lowest BCUT2D eigenvalue weighted by atomic mass is 9.93. The Morgan fingerprint density at radius 3 is 1.42 bits per heavy atom. The van der Waals surface area contributed by atoms with Gasteiger partial charge in [0.25, 0.3) is 0 Å². The number of amides is 1. The third kappa shape index (κ3) is 38.7. The van der Waals surface area contributed by atoms with Crippen molar-refractivity contribution in [2.24, 2.45) is 5.92 Å². The van der Waals surface area contributed by atoms with Gasteiger partial charge in [-0.1, -0.05) is 215 Å². The molecule has 0 aromatic heterocycles. The van der Waals surface area contributed by atoms with E-state index in [1.165, 1.54) is 135 Å². The molecule has 2 atom stereocenters. The molecule has 0 heterocycles. The largest absolute Gasteiger partial charge is 0.463 e. The van der Waals surface area contributed by atoms with E-state index < -0.39 is 29.7 Å². The fourth-order valence-electron chi connectivity index (χ4n) is 7.15. The monoisotopic (exact) mass is 838 g/mol. The van der Waals surface area contributed by atoms with Gasteiger partial charge in [-0.3, -0.25) is 14.4 Å². The molecule has 0 saturated heterocycles. The van der Waals surface area contributed by atoms with Crippen LogP contribution in [-0.4, -0.2) is 59.0 Å². The third-order valence-electron chi connectivity index (χ3n) is 12.1. The van der Waals surface area contributed by atoms with Gasteiger partial charge < -0.3 is 25.0 Å². The van der Waals surface area contributed by atoms with E-state index in [9.17, 15) is 24.6 Å². The molecule has 3 N–H and O–H groups in total. The average molecular weight is 838 g/mol. The number of carbonyl (C=O) groups is 3. The van der Waals surface area contributed by atoms with Crippen molar-refractivity contribution in [1.29, 1.82) is 0 Å². The maximum atomic E-state index is 12.9. The molecule has 0 saturated carbocycles. The summed E-state index contributed by atoms with van der Waals surface area (Å²) in [5.74, 6) is -0.317. The molecule has 59 heavy (non-hydrogen) atoms. The first-order valence-corrected chi connectivity index (χ1v) is 25.2. The van der Waals surface area contributed by atoms with Crippen LogP contribution in [-0.2, 0) is 23.9 Å². The van der Waals surface area contributed by atoms with E-state index in [1.807, 2.05) is 19.9 Å². The molecule has 0 aliphatic rings. The smallest absolute Gasteiger partial charge is 0.306 e. The van der Waals surface area contributed by atoms with Crippen LogP contribution in [0.2, 0.25) is 0 Å². The summed E-state index contributed by atoms with van der Waals surface area (Å²) in [4.78, 5) is 38.0. The first kappa shape index (κ1) is 59.2. The maximum Gasteiger partial charge on any atom is 0.306 e. The first-order chi connectivity index (χ1) is 28.6. The third-order valence-corrected chi connectivity index (χ3v) is 12.1. The molecule has 0 aromatic rings. The Hall–Kier alpha value is -1.93. The molecule has 8 heteroatoms. The summed E-state index contributed by atoms with van der Waals surface area (Å²) in [6, 6.07) is -0.772. The summed E-state index contributed by atoms with van der Waals surface area (Å²) in [7, 11) is 0. The van der Waals surface area contributed by atoms with Crippen molar-refractivity contribution in [3.05, 3.63) is 12.2 Å². The highest BCUT2D eigenvalue weighted by Gasteiger charge is 2.30. The zero-order valence-electron chi connectivity index (χ0n) is 40.1. The molecular weight excluding hydrogens is 739 g/mol. The normalized spacial score (nSPS) is 12.6. The molecule has 0 fully saturated rings. The maximum absolute atomic E-state index is 12.9. The number of ether oxygens (including phenoxy) is 2. The predicted molar refractivity (Wildman–Crippen MR) is 250 cm³/mol. The number of unbranched alkanes of at least 4 members (excludes halogenated alkanes) is 23. The Morgan fingerprint density at radius 2 is 1.02 bits per heavy atom. The Labute approximate surface area is 365 Å². The summed E-state index contributed by atoms with van der Waals surface area (Å²) in [6.45, 7) is 14.8. The fraction of sp³-hybridized carbons (Fsp3) is 0.902. The lowest BCUT2D eigenvalue weighted by molar-refractivity contribution is -0.164. The van der Waals surface area contributed by atoms with Gasteiger partial charge in [0, 0.05) is 19.4 Å². The van der Waals surface area contributed by atoms with Crippen LogP contribution in [0.1, 0.15) is 260 Å². The van der Waals surface area contributed by atoms with Gasteiger partial charge in [0.15, 0.2) is 0 Å². The van der Waals surface area contributed by atoms with Crippen LogP contribution in [0.15, 0.2) is 12.2 Å². The minimum atomic E-state index is -0.996. The van der Waals surface area contributed by atoms with Gasteiger partial charge in [-0.15, -0.1) is 0 Å².